The van der Waals surface area contributed by atoms with Gasteiger partial charge in [-0.05, 0) is 31.2 Å². The third-order valence-corrected chi connectivity index (χ3v) is 5.34. The molecule has 100 valence electrons. The smallest absolute Gasteiger partial charge is 0.119 e. The van der Waals surface area contributed by atoms with Crippen molar-refractivity contribution >= 4 is 11.8 Å². The van der Waals surface area contributed by atoms with Gasteiger partial charge in [0, 0.05) is 18.3 Å². The summed E-state index contributed by atoms with van der Waals surface area (Å²) in [6.07, 6.45) is 1.15. The van der Waals surface area contributed by atoms with E-state index >= 15 is 0 Å². The molecule has 1 aromatic carbocycles. The van der Waals surface area contributed by atoms with E-state index in [4.69, 9.17) is 4.74 Å². The maximum Gasteiger partial charge on any atom is 0.119 e. The Kier molecular flexibility index (Phi) is 4.23. The van der Waals surface area contributed by atoms with E-state index in [-0.39, 0.29) is 4.75 Å². The van der Waals surface area contributed by atoms with E-state index < -0.39 is 0 Å². The molecular formula is C15H23NOS. The molecule has 0 radical (unpaired) electrons. The molecule has 1 fully saturated rings. The summed E-state index contributed by atoms with van der Waals surface area (Å²) in [6.45, 7) is 6.91. The highest BCUT2D eigenvalue weighted by Gasteiger charge is 2.38. The van der Waals surface area contributed by atoms with Crippen LogP contribution in [0, 0.1) is 0 Å². The molecule has 2 nitrogen and oxygen atoms in total. The second kappa shape index (κ2) is 5.54. The number of nitrogens with zero attached hydrogens (tertiary/aromatic N) is 1. The first-order valence-corrected chi connectivity index (χ1v) is 7.48. The minimum atomic E-state index is 0.209. The highest BCUT2D eigenvalue weighted by Crippen LogP contribution is 2.46. The van der Waals surface area contributed by atoms with Crippen LogP contribution in [0.15, 0.2) is 24.3 Å². The summed E-state index contributed by atoms with van der Waals surface area (Å²) in [5.41, 5.74) is 1.40. The molecule has 1 aromatic rings. The number of hydrogen-bond acceptors (Lipinski definition) is 3. The minimum absolute atomic E-state index is 0.209. The van der Waals surface area contributed by atoms with E-state index in [9.17, 15) is 0 Å². The van der Waals surface area contributed by atoms with Gasteiger partial charge in [0.15, 0.2) is 0 Å². The second-order valence-electron chi connectivity index (χ2n) is 5.21. The van der Waals surface area contributed by atoms with Crippen molar-refractivity contribution in [2.75, 3.05) is 27.2 Å². The number of hydrogen-bond donors (Lipinski definition) is 0. The Bertz CT molecular complexity index is 397. The van der Waals surface area contributed by atoms with Gasteiger partial charge in [0.25, 0.3) is 0 Å². The Balaban J connectivity index is 2.35. The van der Waals surface area contributed by atoms with Gasteiger partial charge >= 0.3 is 0 Å². The highest BCUT2D eigenvalue weighted by molar-refractivity contribution is 8.00. The molecule has 1 aliphatic heterocycles. The fourth-order valence-corrected chi connectivity index (χ4v) is 4.69. The predicted octanol–water partition coefficient (Wildman–Crippen LogP) is 3.37. The van der Waals surface area contributed by atoms with Crippen LogP contribution in [-0.4, -0.2) is 37.4 Å². The second-order valence-corrected chi connectivity index (χ2v) is 7.03. The van der Waals surface area contributed by atoms with Crippen LogP contribution in [0.1, 0.15) is 25.8 Å². The van der Waals surface area contributed by atoms with Crippen molar-refractivity contribution in [1.29, 1.82) is 0 Å². The van der Waals surface area contributed by atoms with Crippen LogP contribution in [0.5, 0.6) is 5.75 Å². The molecule has 0 saturated carbocycles. The number of benzene rings is 1. The van der Waals surface area contributed by atoms with Crippen molar-refractivity contribution in [2.45, 2.75) is 30.3 Å². The maximum absolute atomic E-state index is 5.37. The zero-order valence-corrected chi connectivity index (χ0v) is 12.6. The number of ether oxygens (including phenoxy) is 1. The molecule has 2 rings (SSSR count). The average molecular weight is 265 g/mol. The lowest BCUT2D eigenvalue weighted by molar-refractivity contribution is 0.278. The molecule has 2 atom stereocenters. The third kappa shape index (κ3) is 2.67. The molecule has 0 amide bonds. The summed E-state index contributed by atoms with van der Waals surface area (Å²) >= 11 is 2.11. The minimum Gasteiger partial charge on any atom is -0.497 e. The average Bonchev–Trinajstić information content (AvgIpc) is 2.37. The first kappa shape index (κ1) is 13.8. The number of methoxy groups -OCH3 is 1. The summed E-state index contributed by atoms with van der Waals surface area (Å²) in [4.78, 5) is 2.45. The van der Waals surface area contributed by atoms with Gasteiger partial charge in [-0.1, -0.05) is 26.0 Å². The van der Waals surface area contributed by atoms with Crippen molar-refractivity contribution in [2.24, 2.45) is 0 Å². The molecule has 18 heavy (non-hydrogen) atoms. The zero-order valence-electron chi connectivity index (χ0n) is 11.8. The Morgan fingerprint density at radius 3 is 2.89 bits per heavy atom. The molecule has 1 aliphatic rings. The highest BCUT2D eigenvalue weighted by atomic mass is 32.2. The van der Waals surface area contributed by atoms with Crippen molar-refractivity contribution in [3.63, 3.8) is 0 Å². The molecule has 0 spiro atoms. The normalized spacial score (nSPS) is 29.2. The van der Waals surface area contributed by atoms with Crippen LogP contribution in [0.2, 0.25) is 0 Å². The topological polar surface area (TPSA) is 12.5 Å². The number of rotatable bonds is 3. The maximum atomic E-state index is 5.37. The van der Waals surface area contributed by atoms with Crippen LogP contribution in [0.25, 0.3) is 0 Å². The largest absolute Gasteiger partial charge is 0.497 e. The lowest BCUT2D eigenvalue weighted by atomic mass is 9.94. The Morgan fingerprint density at radius 1 is 1.50 bits per heavy atom. The molecule has 1 saturated heterocycles. The van der Waals surface area contributed by atoms with Crippen LogP contribution >= 0.6 is 11.8 Å². The molecule has 0 aliphatic carbocycles. The van der Waals surface area contributed by atoms with Gasteiger partial charge in [0.1, 0.15) is 5.75 Å². The molecule has 0 bridgehead atoms. The van der Waals surface area contributed by atoms with E-state index in [0.29, 0.717) is 5.25 Å². The molecular weight excluding hydrogens is 242 g/mol. The first-order valence-electron chi connectivity index (χ1n) is 6.60. The van der Waals surface area contributed by atoms with Crippen molar-refractivity contribution in [1.82, 2.24) is 4.90 Å². The van der Waals surface area contributed by atoms with Crippen molar-refractivity contribution in [3.05, 3.63) is 29.8 Å². The SMILES string of the molecule is CC[C@@]1(c2cccc(OC)c2)CN(C)C[C@H](C)S1. The van der Waals surface area contributed by atoms with Crippen LogP contribution in [0.4, 0.5) is 0 Å². The van der Waals surface area contributed by atoms with Crippen molar-refractivity contribution in [3.8, 4) is 5.75 Å². The van der Waals surface area contributed by atoms with E-state index in [1.807, 2.05) is 6.07 Å². The van der Waals surface area contributed by atoms with Gasteiger partial charge < -0.3 is 9.64 Å². The Morgan fingerprint density at radius 2 is 2.28 bits per heavy atom. The number of likely N-dealkylation sites (N-methyl/N-ethyl adjacent to an activating group) is 1. The fourth-order valence-electron chi connectivity index (χ4n) is 2.86. The molecule has 3 heteroatoms. The van der Waals surface area contributed by atoms with E-state index in [2.05, 4.69) is 55.8 Å². The first-order chi connectivity index (χ1) is 8.59. The molecule has 0 N–H and O–H groups in total. The summed E-state index contributed by atoms with van der Waals surface area (Å²) < 4.78 is 5.58. The van der Waals surface area contributed by atoms with E-state index in [1.165, 1.54) is 12.1 Å². The van der Waals surface area contributed by atoms with E-state index in [1.54, 1.807) is 7.11 Å². The summed E-state index contributed by atoms with van der Waals surface area (Å²) in [6, 6.07) is 8.56. The summed E-state index contributed by atoms with van der Waals surface area (Å²) in [7, 11) is 3.96. The van der Waals surface area contributed by atoms with Gasteiger partial charge in [-0.15, -0.1) is 11.8 Å². The van der Waals surface area contributed by atoms with Gasteiger partial charge in [0.2, 0.25) is 0 Å². The predicted molar refractivity (Wildman–Crippen MR) is 79.5 cm³/mol. The van der Waals surface area contributed by atoms with Crippen molar-refractivity contribution < 1.29 is 4.74 Å². The molecule has 0 unspecified atom stereocenters. The number of thioether (sulfide) groups is 1. The van der Waals surface area contributed by atoms with Crippen LogP contribution in [0.3, 0.4) is 0 Å². The quantitative estimate of drug-likeness (QED) is 0.831. The molecule has 0 aromatic heterocycles. The third-order valence-electron chi connectivity index (χ3n) is 3.69. The van der Waals surface area contributed by atoms with E-state index in [0.717, 1.165) is 18.7 Å². The van der Waals surface area contributed by atoms with Gasteiger partial charge in [0.05, 0.1) is 11.9 Å². The summed E-state index contributed by atoms with van der Waals surface area (Å²) in [5.74, 6) is 0.960. The van der Waals surface area contributed by atoms with Gasteiger partial charge in [-0.2, -0.15) is 0 Å². The lowest BCUT2D eigenvalue weighted by Crippen LogP contribution is -2.45. The zero-order chi connectivity index (χ0) is 13.2. The molecule has 1 heterocycles. The van der Waals surface area contributed by atoms with Gasteiger partial charge in [-0.3, -0.25) is 0 Å². The standard InChI is InChI=1S/C15H23NOS/c1-5-15(11-16(3)10-12(2)18-15)13-7-6-8-14(9-13)17-4/h6-9,12H,5,10-11H2,1-4H3/t12-,15-/m0/s1. The summed E-state index contributed by atoms with van der Waals surface area (Å²) in [5, 5.41) is 0.676. The van der Waals surface area contributed by atoms with Crippen LogP contribution < -0.4 is 4.74 Å². The lowest BCUT2D eigenvalue weighted by Gasteiger charge is -2.44. The monoisotopic (exact) mass is 265 g/mol. The fraction of sp³-hybridized carbons (Fsp3) is 0.600. The Labute approximate surface area is 115 Å². The van der Waals surface area contributed by atoms with Crippen LogP contribution in [-0.2, 0) is 4.75 Å². The van der Waals surface area contributed by atoms with Gasteiger partial charge in [-0.25, -0.2) is 0 Å². The Hall–Kier alpha value is -0.670.